The quantitative estimate of drug-likeness (QED) is 0.606. The molecule has 2 saturated carbocycles. The molecular formula is C24H29NO3. The van der Waals surface area contributed by atoms with E-state index in [1.165, 1.54) is 50.3 Å². The number of pyridine rings is 1. The number of esters is 1. The number of hydrogen-bond donors (Lipinski definition) is 0. The molecule has 4 rings (SSSR count). The lowest BCUT2D eigenvalue weighted by molar-refractivity contribution is 0.0526. The van der Waals surface area contributed by atoms with Gasteiger partial charge in [-0.25, -0.2) is 9.78 Å². The first-order valence-corrected chi connectivity index (χ1v) is 10.5. The largest absolute Gasteiger partial charge is 0.462 e. The van der Waals surface area contributed by atoms with Gasteiger partial charge in [0.25, 0.3) is 0 Å². The molecule has 0 amide bonds. The van der Waals surface area contributed by atoms with Gasteiger partial charge in [0.15, 0.2) is 0 Å². The number of nitrogens with zero attached hydrogens (tertiary/aromatic N) is 1. The summed E-state index contributed by atoms with van der Waals surface area (Å²) in [6.07, 6.45) is 9.72. The molecule has 1 aromatic carbocycles. The van der Waals surface area contributed by atoms with E-state index in [-0.39, 0.29) is 5.97 Å². The van der Waals surface area contributed by atoms with Gasteiger partial charge in [-0.15, -0.1) is 0 Å². The minimum atomic E-state index is -0.364. The van der Waals surface area contributed by atoms with E-state index in [0.717, 1.165) is 17.6 Å². The zero-order valence-electron chi connectivity index (χ0n) is 16.8. The normalized spacial score (nSPS) is 26.5. The molecule has 4 nitrogen and oxygen atoms in total. The lowest BCUT2D eigenvalue weighted by Crippen LogP contribution is -2.45. The zero-order chi connectivity index (χ0) is 19.6. The number of carbonyl (C=O) groups excluding carboxylic acids is 1. The lowest BCUT2D eigenvalue weighted by atomic mass is 9.53. The first-order valence-electron chi connectivity index (χ1n) is 10.5. The minimum Gasteiger partial charge on any atom is -0.462 e. The molecule has 0 unspecified atom stereocenters. The van der Waals surface area contributed by atoms with Gasteiger partial charge in [0.1, 0.15) is 5.75 Å². The molecule has 2 bridgehead atoms. The molecule has 0 radical (unpaired) electrons. The van der Waals surface area contributed by atoms with Gasteiger partial charge in [-0.05, 0) is 73.6 Å². The predicted octanol–water partition coefficient (Wildman–Crippen LogP) is 5.91. The maximum Gasteiger partial charge on any atom is 0.339 e. The molecular weight excluding hydrogens is 350 g/mol. The molecule has 2 aliphatic rings. The zero-order valence-corrected chi connectivity index (χ0v) is 16.8. The van der Waals surface area contributed by atoms with Crippen molar-refractivity contribution in [1.29, 1.82) is 0 Å². The highest BCUT2D eigenvalue weighted by Crippen LogP contribution is 2.54. The van der Waals surface area contributed by atoms with Crippen molar-refractivity contribution in [2.75, 3.05) is 6.61 Å². The smallest absolute Gasteiger partial charge is 0.339 e. The molecule has 0 saturated heterocycles. The average molecular weight is 380 g/mol. The van der Waals surface area contributed by atoms with Crippen molar-refractivity contribution in [3.63, 3.8) is 0 Å². The van der Waals surface area contributed by atoms with Crippen LogP contribution in [-0.4, -0.2) is 17.6 Å². The van der Waals surface area contributed by atoms with E-state index in [9.17, 15) is 4.79 Å². The fourth-order valence-corrected chi connectivity index (χ4v) is 5.29. The summed E-state index contributed by atoms with van der Waals surface area (Å²) in [5.74, 6) is 2.50. The molecule has 2 fully saturated rings. The molecule has 0 aliphatic heterocycles. The third kappa shape index (κ3) is 3.52. The van der Waals surface area contributed by atoms with Crippen molar-refractivity contribution >= 4 is 5.97 Å². The highest BCUT2D eigenvalue weighted by Gasteiger charge is 2.46. The summed E-state index contributed by atoms with van der Waals surface area (Å²) in [7, 11) is 0. The Bertz CT molecular complexity index is 791. The molecule has 28 heavy (non-hydrogen) atoms. The van der Waals surface area contributed by atoms with Crippen LogP contribution in [0.3, 0.4) is 0 Å². The summed E-state index contributed by atoms with van der Waals surface area (Å²) in [5.41, 5.74) is 2.18. The molecule has 4 heteroatoms. The van der Waals surface area contributed by atoms with Gasteiger partial charge in [0, 0.05) is 12.3 Å². The Morgan fingerprint density at radius 3 is 2.21 bits per heavy atom. The van der Waals surface area contributed by atoms with Crippen molar-refractivity contribution < 1.29 is 14.3 Å². The number of ether oxygens (including phenoxy) is 2. The van der Waals surface area contributed by atoms with Gasteiger partial charge in [-0.1, -0.05) is 31.9 Å². The molecule has 0 spiro atoms. The van der Waals surface area contributed by atoms with Crippen molar-refractivity contribution in [1.82, 2.24) is 4.98 Å². The minimum absolute atomic E-state index is 0.300. The summed E-state index contributed by atoms with van der Waals surface area (Å²) in [4.78, 5) is 15.9. The van der Waals surface area contributed by atoms with E-state index in [1.807, 2.05) is 12.1 Å². The fourth-order valence-electron chi connectivity index (χ4n) is 5.29. The lowest BCUT2D eigenvalue weighted by Gasteiger charge is -2.52. The van der Waals surface area contributed by atoms with Crippen molar-refractivity contribution in [3.8, 4) is 11.6 Å². The number of benzene rings is 1. The SMILES string of the molecule is CCOC(=O)c1ccc(Oc2ccc(C3(C)C4CCCC3CCC4)cc2)nc1. The third-order valence-electron chi connectivity index (χ3n) is 6.85. The van der Waals surface area contributed by atoms with Crippen LogP contribution >= 0.6 is 0 Å². The Hall–Kier alpha value is -2.36. The van der Waals surface area contributed by atoms with E-state index >= 15 is 0 Å². The van der Waals surface area contributed by atoms with Crippen LogP contribution in [0.5, 0.6) is 11.6 Å². The summed E-state index contributed by atoms with van der Waals surface area (Å²) in [6, 6.07) is 11.9. The van der Waals surface area contributed by atoms with Crippen molar-refractivity contribution in [2.24, 2.45) is 11.8 Å². The summed E-state index contributed by atoms with van der Waals surface area (Å²) >= 11 is 0. The Morgan fingerprint density at radius 1 is 1.04 bits per heavy atom. The fraction of sp³-hybridized carbons (Fsp3) is 0.500. The van der Waals surface area contributed by atoms with Crippen LogP contribution in [0.25, 0.3) is 0 Å². The van der Waals surface area contributed by atoms with Gasteiger partial charge in [0.05, 0.1) is 12.2 Å². The van der Waals surface area contributed by atoms with Crippen LogP contribution in [-0.2, 0) is 10.2 Å². The van der Waals surface area contributed by atoms with Gasteiger partial charge >= 0.3 is 5.97 Å². The van der Waals surface area contributed by atoms with Crippen LogP contribution in [0.1, 0.15) is 68.3 Å². The van der Waals surface area contributed by atoms with Gasteiger partial charge in [-0.3, -0.25) is 0 Å². The maximum atomic E-state index is 11.7. The van der Waals surface area contributed by atoms with E-state index < -0.39 is 0 Å². The number of fused-ring (bicyclic) bond motifs is 2. The van der Waals surface area contributed by atoms with Gasteiger partial charge in [-0.2, -0.15) is 0 Å². The summed E-state index contributed by atoms with van der Waals surface area (Å²) < 4.78 is 10.9. The van der Waals surface area contributed by atoms with Crippen LogP contribution in [0.2, 0.25) is 0 Å². The number of rotatable bonds is 5. The maximum absolute atomic E-state index is 11.7. The van der Waals surface area contributed by atoms with E-state index in [4.69, 9.17) is 9.47 Å². The summed E-state index contributed by atoms with van der Waals surface area (Å²) in [6.45, 7) is 4.61. The number of carbonyl (C=O) groups is 1. The van der Waals surface area contributed by atoms with Crippen LogP contribution in [0, 0.1) is 11.8 Å². The summed E-state index contributed by atoms with van der Waals surface area (Å²) in [5, 5.41) is 0. The molecule has 0 N–H and O–H groups in total. The second-order valence-corrected chi connectivity index (χ2v) is 8.27. The van der Waals surface area contributed by atoms with Crippen LogP contribution in [0.15, 0.2) is 42.6 Å². The second kappa shape index (κ2) is 7.94. The molecule has 148 valence electrons. The van der Waals surface area contributed by atoms with E-state index in [0.29, 0.717) is 23.5 Å². The van der Waals surface area contributed by atoms with Gasteiger partial charge in [0.2, 0.25) is 5.88 Å². The van der Waals surface area contributed by atoms with Crippen LogP contribution < -0.4 is 4.74 Å². The average Bonchev–Trinajstić information content (AvgIpc) is 2.69. The number of hydrogen-bond acceptors (Lipinski definition) is 4. The molecule has 1 aromatic heterocycles. The topological polar surface area (TPSA) is 48.4 Å². The van der Waals surface area contributed by atoms with E-state index in [1.54, 1.807) is 19.1 Å². The molecule has 2 aliphatic carbocycles. The first kappa shape index (κ1) is 19.0. The number of aromatic nitrogens is 1. The first-order chi connectivity index (χ1) is 13.6. The third-order valence-corrected chi connectivity index (χ3v) is 6.85. The Labute approximate surface area is 167 Å². The Kier molecular flexibility index (Phi) is 5.38. The predicted molar refractivity (Wildman–Crippen MR) is 109 cm³/mol. The molecule has 1 heterocycles. The van der Waals surface area contributed by atoms with Gasteiger partial charge < -0.3 is 9.47 Å². The molecule has 2 aromatic rings. The molecule has 0 atom stereocenters. The Morgan fingerprint density at radius 2 is 1.68 bits per heavy atom. The Balaban J connectivity index is 1.47. The van der Waals surface area contributed by atoms with Crippen molar-refractivity contribution in [3.05, 3.63) is 53.7 Å². The monoisotopic (exact) mass is 379 g/mol. The van der Waals surface area contributed by atoms with E-state index in [2.05, 4.69) is 24.0 Å². The van der Waals surface area contributed by atoms with Crippen molar-refractivity contribution in [2.45, 2.75) is 57.8 Å². The van der Waals surface area contributed by atoms with Crippen LogP contribution in [0.4, 0.5) is 0 Å². The standard InChI is InChI=1S/C24H29NO3/c1-3-27-23(26)17-10-15-22(25-16-17)28-21-13-11-20(12-14-21)24(2)18-6-4-7-19(24)9-5-8-18/h10-16,18-19H,3-9H2,1-2H3. The second-order valence-electron chi connectivity index (χ2n) is 8.27. The highest BCUT2D eigenvalue weighted by molar-refractivity contribution is 5.89. The highest BCUT2D eigenvalue weighted by atomic mass is 16.5.